The van der Waals surface area contributed by atoms with Gasteiger partial charge in [0.2, 0.25) is 0 Å². The normalized spacial score (nSPS) is 16.8. The van der Waals surface area contributed by atoms with E-state index in [0.717, 1.165) is 12.0 Å². The van der Waals surface area contributed by atoms with E-state index in [4.69, 9.17) is 26.8 Å². The van der Waals surface area contributed by atoms with Crippen LogP contribution in [0.1, 0.15) is 22.3 Å². The van der Waals surface area contributed by atoms with Crippen molar-refractivity contribution in [2.24, 2.45) is 5.73 Å². The number of benzene rings is 2. The number of rotatable bonds is 5. The summed E-state index contributed by atoms with van der Waals surface area (Å²) in [6.07, 6.45) is 0.838. The minimum atomic E-state index is -0.0319. The highest BCUT2D eigenvalue weighted by Gasteiger charge is 2.25. The van der Waals surface area contributed by atoms with Crippen LogP contribution in [-0.2, 0) is 6.61 Å². The lowest BCUT2D eigenvalue weighted by atomic mass is 10.1. The van der Waals surface area contributed by atoms with E-state index in [2.05, 4.69) is 0 Å². The number of methoxy groups -OCH3 is 1. The number of hydrogen-bond acceptors (Lipinski definition) is 4. The lowest BCUT2D eigenvalue weighted by Gasteiger charge is -2.17. The van der Waals surface area contributed by atoms with E-state index in [1.54, 1.807) is 30.2 Å². The summed E-state index contributed by atoms with van der Waals surface area (Å²) >= 11 is 5.88. The summed E-state index contributed by atoms with van der Waals surface area (Å²) in [7, 11) is 1.56. The topological polar surface area (TPSA) is 64.8 Å². The molecule has 25 heavy (non-hydrogen) atoms. The molecule has 1 fully saturated rings. The van der Waals surface area contributed by atoms with E-state index in [-0.39, 0.29) is 11.9 Å². The standard InChI is InChI=1S/C19H21ClN2O3/c1-24-18-10-14(19(23)22-9-8-16(21)11-22)4-7-17(18)25-12-13-2-5-15(20)6-3-13/h2-7,10,16H,8-9,11-12,21H2,1H3/t16-/m1/s1. The second kappa shape index (κ2) is 7.76. The number of carbonyl (C=O) groups excluding carboxylic acids is 1. The van der Waals surface area contributed by atoms with Crippen LogP contribution in [0.15, 0.2) is 42.5 Å². The van der Waals surface area contributed by atoms with Gasteiger partial charge in [0.15, 0.2) is 11.5 Å². The zero-order chi connectivity index (χ0) is 17.8. The molecule has 3 rings (SSSR count). The monoisotopic (exact) mass is 360 g/mol. The first kappa shape index (κ1) is 17.6. The molecule has 0 radical (unpaired) electrons. The Balaban J connectivity index is 1.70. The fraction of sp³-hybridized carbons (Fsp3) is 0.316. The van der Waals surface area contributed by atoms with Crippen molar-refractivity contribution >= 4 is 17.5 Å². The minimum absolute atomic E-state index is 0.0319. The van der Waals surface area contributed by atoms with Gasteiger partial charge < -0.3 is 20.1 Å². The average Bonchev–Trinajstić information content (AvgIpc) is 3.07. The minimum Gasteiger partial charge on any atom is -0.493 e. The Bertz CT molecular complexity index is 749. The molecule has 1 heterocycles. The van der Waals surface area contributed by atoms with Crippen molar-refractivity contribution in [2.45, 2.75) is 19.1 Å². The van der Waals surface area contributed by atoms with Crippen LogP contribution in [0, 0.1) is 0 Å². The highest BCUT2D eigenvalue weighted by atomic mass is 35.5. The molecule has 0 spiro atoms. The van der Waals surface area contributed by atoms with Crippen molar-refractivity contribution in [3.8, 4) is 11.5 Å². The van der Waals surface area contributed by atoms with Gasteiger partial charge in [-0.1, -0.05) is 23.7 Å². The molecule has 0 saturated carbocycles. The third-order valence-corrected chi connectivity index (χ3v) is 4.48. The molecule has 0 bridgehead atoms. The van der Waals surface area contributed by atoms with E-state index in [9.17, 15) is 4.79 Å². The summed E-state index contributed by atoms with van der Waals surface area (Å²) in [5, 5.41) is 0.686. The second-order valence-electron chi connectivity index (χ2n) is 6.08. The largest absolute Gasteiger partial charge is 0.493 e. The highest BCUT2D eigenvalue weighted by molar-refractivity contribution is 6.30. The van der Waals surface area contributed by atoms with Crippen molar-refractivity contribution in [3.05, 3.63) is 58.6 Å². The maximum absolute atomic E-state index is 12.5. The molecule has 2 aromatic rings. The van der Waals surface area contributed by atoms with E-state index >= 15 is 0 Å². The molecule has 1 aliphatic heterocycles. The lowest BCUT2D eigenvalue weighted by Crippen LogP contribution is -2.31. The number of nitrogens with two attached hydrogens (primary N) is 1. The predicted octanol–water partition coefficient (Wildman–Crippen LogP) is 3.10. The Morgan fingerprint density at radius 3 is 2.64 bits per heavy atom. The van der Waals surface area contributed by atoms with Gasteiger partial charge in [-0.25, -0.2) is 0 Å². The van der Waals surface area contributed by atoms with Gasteiger partial charge in [0.1, 0.15) is 6.61 Å². The van der Waals surface area contributed by atoms with Crippen LogP contribution < -0.4 is 15.2 Å². The molecule has 2 aromatic carbocycles. The molecule has 0 unspecified atom stereocenters. The average molecular weight is 361 g/mol. The maximum atomic E-state index is 12.5. The fourth-order valence-corrected chi connectivity index (χ4v) is 2.94. The van der Waals surface area contributed by atoms with Crippen LogP contribution in [0.2, 0.25) is 5.02 Å². The number of carbonyl (C=O) groups is 1. The van der Waals surface area contributed by atoms with E-state index in [1.807, 2.05) is 24.3 Å². The van der Waals surface area contributed by atoms with Crippen molar-refractivity contribution < 1.29 is 14.3 Å². The van der Waals surface area contributed by atoms with E-state index in [0.29, 0.717) is 41.8 Å². The van der Waals surface area contributed by atoms with Gasteiger partial charge in [-0.3, -0.25) is 4.79 Å². The van der Waals surface area contributed by atoms with Crippen LogP contribution in [0.4, 0.5) is 0 Å². The Labute approximate surface area is 152 Å². The van der Waals surface area contributed by atoms with Crippen LogP contribution >= 0.6 is 11.6 Å². The Morgan fingerprint density at radius 2 is 2.00 bits per heavy atom. The third-order valence-electron chi connectivity index (χ3n) is 4.23. The van der Waals surface area contributed by atoms with Gasteiger partial charge in [0, 0.05) is 29.7 Å². The molecular formula is C19H21ClN2O3. The highest BCUT2D eigenvalue weighted by Crippen LogP contribution is 2.30. The molecule has 0 aromatic heterocycles. The predicted molar refractivity (Wildman–Crippen MR) is 97.3 cm³/mol. The summed E-state index contributed by atoms with van der Waals surface area (Å²) in [6, 6.07) is 12.7. The number of ether oxygens (including phenoxy) is 2. The van der Waals surface area contributed by atoms with Crippen LogP contribution in [0.5, 0.6) is 11.5 Å². The first-order chi connectivity index (χ1) is 12.1. The van der Waals surface area contributed by atoms with E-state index in [1.165, 1.54) is 0 Å². The van der Waals surface area contributed by atoms with E-state index < -0.39 is 0 Å². The first-order valence-electron chi connectivity index (χ1n) is 8.17. The number of likely N-dealkylation sites (tertiary alicyclic amines) is 1. The van der Waals surface area contributed by atoms with Gasteiger partial charge in [0.05, 0.1) is 7.11 Å². The second-order valence-corrected chi connectivity index (χ2v) is 6.52. The molecule has 1 amide bonds. The molecule has 1 atom stereocenters. The van der Waals surface area contributed by atoms with Crippen molar-refractivity contribution in [1.29, 1.82) is 0 Å². The number of halogens is 1. The van der Waals surface area contributed by atoms with Crippen LogP contribution in [0.3, 0.4) is 0 Å². The van der Waals surface area contributed by atoms with Gasteiger partial charge in [-0.15, -0.1) is 0 Å². The molecule has 1 aliphatic rings. The fourth-order valence-electron chi connectivity index (χ4n) is 2.82. The summed E-state index contributed by atoms with van der Waals surface area (Å²) in [6.45, 7) is 1.68. The Morgan fingerprint density at radius 1 is 1.24 bits per heavy atom. The van der Waals surface area contributed by atoms with Gasteiger partial charge >= 0.3 is 0 Å². The first-order valence-corrected chi connectivity index (χ1v) is 8.55. The SMILES string of the molecule is COc1cc(C(=O)N2CC[C@@H](N)C2)ccc1OCc1ccc(Cl)cc1. The van der Waals surface area contributed by atoms with Crippen LogP contribution in [-0.4, -0.2) is 37.0 Å². The summed E-state index contributed by atoms with van der Waals surface area (Å²) < 4.78 is 11.2. The van der Waals surface area contributed by atoms with Gasteiger partial charge in [-0.05, 0) is 42.3 Å². The van der Waals surface area contributed by atoms with Crippen LogP contribution in [0.25, 0.3) is 0 Å². The molecule has 5 nitrogen and oxygen atoms in total. The summed E-state index contributed by atoms with van der Waals surface area (Å²) in [4.78, 5) is 14.3. The molecule has 1 saturated heterocycles. The molecule has 0 aliphatic carbocycles. The smallest absolute Gasteiger partial charge is 0.254 e. The molecular weight excluding hydrogens is 340 g/mol. The third kappa shape index (κ3) is 4.24. The molecule has 132 valence electrons. The maximum Gasteiger partial charge on any atom is 0.254 e. The summed E-state index contributed by atoms with van der Waals surface area (Å²) in [5.74, 6) is 1.09. The number of nitrogens with zero attached hydrogens (tertiary/aromatic N) is 1. The zero-order valence-corrected chi connectivity index (χ0v) is 14.8. The number of amides is 1. The zero-order valence-electron chi connectivity index (χ0n) is 14.1. The quantitative estimate of drug-likeness (QED) is 0.889. The van der Waals surface area contributed by atoms with Gasteiger partial charge in [-0.2, -0.15) is 0 Å². The molecule has 6 heteroatoms. The summed E-state index contributed by atoms with van der Waals surface area (Å²) in [5.41, 5.74) is 7.45. The van der Waals surface area contributed by atoms with Crippen molar-refractivity contribution in [2.75, 3.05) is 20.2 Å². The Kier molecular flexibility index (Phi) is 5.46. The molecule has 2 N–H and O–H groups in total. The number of hydrogen-bond donors (Lipinski definition) is 1. The lowest BCUT2D eigenvalue weighted by molar-refractivity contribution is 0.0790. The Hall–Kier alpha value is -2.24. The van der Waals surface area contributed by atoms with Crippen molar-refractivity contribution in [3.63, 3.8) is 0 Å². The van der Waals surface area contributed by atoms with Crippen molar-refractivity contribution in [1.82, 2.24) is 4.90 Å². The van der Waals surface area contributed by atoms with Gasteiger partial charge in [0.25, 0.3) is 5.91 Å².